The van der Waals surface area contributed by atoms with Crippen LogP contribution in [0.3, 0.4) is 0 Å². The summed E-state index contributed by atoms with van der Waals surface area (Å²) in [6.45, 7) is 0.455. The van der Waals surface area contributed by atoms with Gasteiger partial charge in [-0.1, -0.05) is 18.2 Å². The number of carbonyl (C=O) groups excluding carboxylic acids is 2. The summed E-state index contributed by atoms with van der Waals surface area (Å²) < 4.78 is 0. The molecule has 0 bridgehead atoms. The first-order valence-electron chi connectivity index (χ1n) is 5.79. The monoisotopic (exact) mass is 273 g/mol. The topological polar surface area (TPSA) is 62.3 Å². The molecule has 0 saturated carbocycles. The Balaban J connectivity index is 1.92. The summed E-state index contributed by atoms with van der Waals surface area (Å²) in [5, 5.41) is 4.49. The third-order valence-corrected chi connectivity index (χ3v) is 3.51. The number of nitrogens with zero attached hydrogens (tertiary/aromatic N) is 2. The van der Waals surface area contributed by atoms with E-state index in [1.807, 2.05) is 24.3 Å². The molecule has 1 aromatic carbocycles. The zero-order valence-electron chi connectivity index (χ0n) is 10.00. The zero-order chi connectivity index (χ0) is 13.2. The van der Waals surface area contributed by atoms with Crippen LogP contribution < -0.4 is 5.32 Å². The molecular weight excluding hydrogens is 262 g/mol. The molecule has 0 saturated heterocycles. The Kier molecular flexibility index (Phi) is 3.00. The lowest BCUT2D eigenvalue weighted by molar-refractivity contribution is -0.116. The molecule has 1 N–H and O–H groups in total. The largest absolute Gasteiger partial charge is 0.324 e. The smallest absolute Gasteiger partial charge is 0.274 e. The van der Waals surface area contributed by atoms with E-state index in [1.165, 1.54) is 16.2 Å². The molecule has 0 fully saturated rings. The fourth-order valence-corrected chi connectivity index (χ4v) is 2.55. The van der Waals surface area contributed by atoms with Gasteiger partial charge in [-0.15, -0.1) is 11.3 Å². The summed E-state index contributed by atoms with van der Waals surface area (Å²) in [7, 11) is 0. The second-order valence-electron chi connectivity index (χ2n) is 4.24. The van der Waals surface area contributed by atoms with E-state index in [9.17, 15) is 9.59 Å². The quantitative estimate of drug-likeness (QED) is 0.860. The number of aromatic nitrogens is 1. The van der Waals surface area contributed by atoms with Crippen LogP contribution in [0.4, 0.5) is 5.69 Å². The zero-order valence-corrected chi connectivity index (χ0v) is 10.8. The van der Waals surface area contributed by atoms with Gasteiger partial charge in [0.25, 0.3) is 5.91 Å². The minimum Gasteiger partial charge on any atom is -0.324 e. The maximum atomic E-state index is 12.3. The number of carbonyl (C=O) groups is 2. The van der Waals surface area contributed by atoms with Crippen LogP contribution in [0.25, 0.3) is 0 Å². The van der Waals surface area contributed by atoms with Crippen LogP contribution in [0.15, 0.2) is 35.2 Å². The van der Waals surface area contributed by atoms with Gasteiger partial charge in [-0.2, -0.15) is 0 Å². The molecule has 0 aliphatic carbocycles. The summed E-state index contributed by atoms with van der Waals surface area (Å²) in [6.07, 6.45) is 0. The first-order chi connectivity index (χ1) is 9.24. The first-order valence-corrected chi connectivity index (χ1v) is 6.73. The number of thiazole rings is 1. The van der Waals surface area contributed by atoms with Gasteiger partial charge in [-0.05, 0) is 11.6 Å². The third-order valence-electron chi connectivity index (χ3n) is 2.93. The second-order valence-corrected chi connectivity index (χ2v) is 4.96. The minimum atomic E-state index is -0.215. The average molecular weight is 273 g/mol. The second kappa shape index (κ2) is 4.81. The van der Waals surface area contributed by atoms with Gasteiger partial charge in [0.15, 0.2) is 0 Å². The Hall–Kier alpha value is -2.21. The van der Waals surface area contributed by atoms with Gasteiger partial charge in [0.1, 0.15) is 12.2 Å². The lowest BCUT2D eigenvalue weighted by atomic mass is 10.1. The van der Waals surface area contributed by atoms with Crippen molar-refractivity contribution < 1.29 is 9.59 Å². The molecule has 2 aromatic rings. The van der Waals surface area contributed by atoms with Gasteiger partial charge in [0.05, 0.1) is 5.51 Å². The van der Waals surface area contributed by atoms with E-state index in [0.717, 1.165) is 11.3 Å². The average Bonchev–Trinajstić information content (AvgIpc) is 2.87. The fraction of sp³-hybridized carbons (Fsp3) is 0.154. The molecule has 19 heavy (non-hydrogen) atoms. The van der Waals surface area contributed by atoms with Crippen molar-refractivity contribution in [2.24, 2.45) is 0 Å². The van der Waals surface area contributed by atoms with Gasteiger partial charge in [-0.25, -0.2) is 4.98 Å². The number of hydrogen-bond donors (Lipinski definition) is 1. The van der Waals surface area contributed by atoms with Crippen LogP contribution in [0.5, 0.6) is 0 Å². The van der Waals surface area contributed by atoms with Crippen LogP contribution in [-0.4, -0.2) is 28.2 Å². The summed E-state index contributed by atoms with van der Waals surface area (Å²) in [4.78, 5) is 29.6. The van der Waals surface area contributed by atoms with Crippen LogP contribution in [0.2, 0.25) is 0 Å². The molecule has 2 amide bonds. The molecule has 1 aromatic heterocycles. The number of nitrogens with one attached hydrogen (secondary N) is 1. The standard InChI is InChI=1S/C13H11N3O2S/c17-12-6-16(13(18)11-7-19-8-14-11)5-9-3-1-2-4-10(9)15-12/h1-4,7-8H,5-6H2,(H,15,17). The van der Waals surface area contributed by atoms with Crippen molar-refractivity contribution in [3.8, 4) is 0 Å². The van der Waals surface area contributed by atoms with E-state index in [0.29, 0.717) is 12.2 Å². The molecule has 0 spiro atoms. The van der Waals surface area contributed by atoms with Crippen LogP contribution >= 0.6 is 11.3 Å². The van der Waals surface area contributed by atoms with Gasteiger partial charge >= 0.3 is 0 Å². The van der Waals surface area contributed by atoms with Crippen molar-refractivity contribution in [2.75, 3.05) is 11.9 Å². The minimum absolute atomic E-state index is 0.0467. The molecule has 3 rings (SSSR count). The normalized spacial score (nSPS) is 14.5. The van der Waals surface area contributed by atoms with E-state index < -0.39 is 0 Å². The number of rotatable bonds is 1. The number of anilines is 1. The number of amides is 2. The van der Waals surface area contributed by atoms with Crippen molar-refractivity contribution in [3.63, 3.8) is 0 Å². The SMILES string of the molecule is O=C1CN(C(=O)c2cscn2)Cc2ccccc2N1. The van der Waals surface area contributed by atoms with E-state index in [1.54, 1.807) is 10.9 Å². The number of para-hydroxylation sites is 1. The number of benzene rings is 1. The molecule has 96 valence electrons. The number of fused-ring (bicyclic) bond motifs is 1. The van der Waals surface area contributed by atoms with Crippen LogP contribution in [0, 0.1) is 0 Å². The van der Waals surface area contributed by atoms with E-state index in [-0.39, 0.29) is 18.4 Å². The Bertz CT molecular complexity index is 625. The maximum absolute atomic E-state index is 12.3. The lowest BCUT2D eigenvalue weighted by Gasteiger charge is -2.18. The van der Waals surface area contributed by atoms with E-state index >= 15 is 0 Å². The Morgan fingerprint density at radius 3 is 2.95 bits per heavy atom. The predicted molar refractivity (Wildman–Crippen MR) is 71.9 cm³/mol. The highest BCUT2D eigenvalue weighted by atomic mass is 32.1. The fourth-order valence-electron chi connectivity index (χ4n) is 2.03. The van der Waals surface area contributed by atoms with Gasteiger partial charge in [-0.3, -0.25) is 9.59 Å². The summed E-state index contributed by atoms with van der Waals surface area (Å²) in [6, 6.07) is 7.49. The molecular formula is C13H11N3O2S. The van der Waals surface area contributed by atoms with Gasteiger partial charge in [0.2, 0.25) is 5.91 Å². The van der Waals surface area contributed by atoms with Crippen molar-refractivity contribution >= 4 is 28.8 Å². The number of hydrogen-bond acceptors (Lipinski definition) is 4. The molecule has 2 heterocycles. The van der Waals surface area contributed by atoms with Gasteiger partial charge < -0.3 is 10.2 Å². The van der Waals surface area contributed by atoms with Crippen LogP contribution in [-0.2, 0) is 11.3 Å². The van der Waals surface area contributed by atoms with Gasteiger partial charge in [0, 0.05) is 17.6 Å². The van der Waals surface area contributed by atoms with Crippen LogP contribution in [0.1, 0.15) is 16.1 Å². The predicted octanol–water partition coefficient (Wildman–Crippen LogP) is 1.74. The van der Waals surface area contributed by atoms with E-state index in [4.69, 9.17) is 0 Å². The first kappa shape index (κ1) is 11.9. The molecule has 0 unspecified atom stereocenters. The van der Waals surface area contributed by atoms with E-state index in [2.05, 4.69) is 10.3 Å². The Labute approximate surface area is 113 Å². The Morgan fingerprint density at radius 1 is 1.32 bits per heavy atom. The molecule has 1 aliphatic rings. The summed E-state index contributed by atoms with van der Waals surface area (Å²) in [5.41, 5.74) is 3.69. The molecule has 1 aliphatic heterocycles. The third kappa shape index (κ3) is 2.34. The highest BCUT2D eigenvalue weighted by Gasteiger charge is 2.24. The van der Waals surface area contributed by atoms with Crippen molar-refractivity contribution in [3.05, 3.63) is 46.4 Å². The lowest BCUT2D eigenvalue weighted by Crippen LogP contribution is -2.35. The maximum Gasteiger partial charge on any atom is 0.274 e. The Morgan fingerprint density at radius 2 is 2.16 bits per heavy atom. The molecule has 5 nitrogen and oxygen atoms in total. The molecule has 6 heteroatoms. The highest BCUT2D eigenvalue weighted by molar-refractivity contribution is 7.07. The summed E-state index contributed by atoms with van der Waals surface area (Å²) in [5.74, 6) is -0.401. The van der Waals surface area contributed by atoms with Crippen molar-refractivity contribution in [1.29, 1.82) is 0 Å². The summed E-state index contributed by atoms with van der Waals surface area (Å²) >= 11 is 1.36. The molecule has 0 radical (unpaired) electrons. The van der Waals surface area contributed by atoms with Crippen molar-refractivity contribution in [1.82, 2.24) is 9.88 Å². The molecule has 0 atom stereocenters. The highest BCUT2D eigenvalue weighted by Crippen LogP contribution is 2.21. The van der Waals surface area contributed by atoms with Crippen molar-refractivity contribution in [2.45, 2.75) is 6.54 Å².